The topological polar surface area (TPSA) is 46.6 Å². The number of rotatable bonds is 3. The molecule has 1 saturated heterocycles. The summed E-state index contributed by atoms with van der Waals surface area (Å²) in [4.78, 5) is 8.28. The first-order valence-electron chi connectivity index (χ1n) is 6.65. The molecule has 1 aliphatic rings. The Kier molecular flexibility index (Phi) is 3.37. The van der Waals surface area contributed by atoms with Crippen LogP contribution in [-0.4, -0.2) is 32.9 Å². The van der Waals surface area contributed by atoms with Gasteiger partial charge in [0.05, 0.1) is 5.69 Å². The summed E-state index contributed by atoms with van der Waals surface area (Å²) in [6.07, 6.45) is 8.01. The number of piperidine rings is 1. The normalized spacial score (nSPS) is 25.9. The molecule has 2 aromatic rings. The lowest BCUT2D eigenvalue weighted by atomic mass is 9.96. The number of hydrogen-bond acceptors (Lipinski definition) is 4. The number of hydrogen-bond donors (Lipinski definition) is 1. The third-order valence-electron chi connectivity index (χ3n) is 3.95. The zero-order valence-corrected chi connectivity index (χ0v) is 11.6. The van der Waals surface area contributed by atoms with Crippen LogP contribution in [0.25, 0.3) is 4.96 Å². The van der Waals surface area contributed by atoms with Gasteiger partial charge in [0.2, 0.25) is 0 Å². The molecule has 0 aliphatic carbocycles. The van der Waals surface area contributed by atoms with Crippen molar-refractivity contribution < 1.29 is 0 Å². The van der Waals surface area contributed by atoms with Crippen molar-refractivity contribution in [1.82, 2.24) is 14.3 Å². The Hall–Kier alpha value is -0.910. The molecule has 1 fully saturated rings. The van der Waals surface area contributed by atoms with Crippen molar-refractivity contribution in [1.29, 1.82) is 0 Å². The Morgan fingerprint density at radius 2 is 2.39 bits per heavy atom. The zero-order chi connectivity index (χ0) is 12.5. The second-order valence-corrected chi connectivity index (χ2v) is 6.04. The quantitative estimate of drug-likeness (QED) is 0.923. The summed E-state index contributed by atoms with van der Waals surface area (Å²) in [6, 6.07) is 1.14. The first-order chi connectivity index (χ1) is 8.78. The fourth-order valence-corrected chi connectivity index (χ4v) is 3.64. The van der Waals surface area contributed by atoms with Gasteiger partial charge in [0.15, 0.2) is 4.96 Å². The Labute approximate surface area is 111 Å². The minimum absolute atomic E-state index is 0.522. The van der Waals surface area contributed by atoms with Gasteiger partial charge < -0.3 is 5.73 Å². The van der Waals surface area contributed by atoms with Gasteiger partial charge in [-0.15, -0.1) is 11.3 Å². The van der Waals surface area contributed by atoms with Crippen molar-refractivity contribution in [2.45, 2.75) is 44.8 Å². The van der Waals surface area contributed by atoms with E-state index in [0.717, 1.165) is 23.7 Å². The molecule has 0 bridgehead atoms. The van der Waals surface area contributed by atoms with Crippen LogP contribution in [0.1, 0.15) is 31.9 Å². The summed E-state index contributed by atoms with van der Waals surface area (Å²) in [5, 5.41) is 2.07. The smallest absolute Gasteiger partial charge is 0.193 e. The second kappa shape index (κ2) is 4.99. The molecule has 1 aliphatic heterocycles. The van der Waals surface area contributed by atoms with Crippen LogP contribution >= 0.6 is 11.3 Å². The van der Waals surface area contributed by atoms with Gasteiger partial charge in [-0.2, -0.15) is 0 Å². The predicted molar refractivity (Wildman–Crippen MR) is 74.8 cm³/mol. The fraction of sp³-hybridized carbons (Fsp3) is 0.615. The maximum Gasteiger partial charge on any atom is 0.193 e. The molecular formula is C13H20N4S. The van der Waals surface area contributed by atoms with Gasteiger partial charge in [0.1, 0.15) is 0 Å². The van der Waals surface area contributed by atoms with E-state index in [1.165, 1.54) is 19.3 Å². The minimum atomic E-state index is 0.522. The van der Waals surface area contributed by atoms with Crippen LogP contribution < -0.4 is 5.73 Å². The molecule has 2 unspecified atom stereocenters. The molecule has 3 heterocycles. The number of likely N-dealkylation sites (tertiary alicyclic amines) is 1. The van der Waals surface area contributed by atoms with Crippen LogP contribution in [-0.2, 0) is 6.54 Å². The predicted octanol–water partition coefficient (Wildman–Crippen LogP) is 2.10. The van der Waals surface area contributed by atoms with E-state index >= 15 is 0 Å². The molecule has 2 aromatic heterocycles. The molecule has 0 aromatic carbocycles. The van der Waals surface area contributed by atoms with E-state index in [-0.39, 0.29) is 0 Å². The molecule has 0 spiro atoms. The Morgan fingerprint density at radius 1 is 1.50 bits per heavy atom. The van der Waals surface area contributed by atoms with Crippen molar-refractivity contribution in [2.24, 2.45) is 5.73 Å². The highest BCUT2D eigenvalue weighted by Gasteiger charge is 2.27. The zero-order valence-electron chi connectivity index (χ0n) is 10.7. The molecule has 2 N–H and O–H groups in total. The number of thiazole rings is 1. The second-order valence-electron chi connectivity index (χ2n) is 5.17. The first kappa shape index (κ1) is 12.1. The Morgan fingerprint density at radius 3 is 3.17 bits per heavy atom. The van der Waals surface area contributed by atoms with Gasteiger partial charge in [-0.25, -0.2) is 4.98 Å². The lowest BCUT2D eigenvalue weighted by Crippen LogP contribution is -2.48. The van der Waals surface area contributed by atoms with E-state index < -0.39 is 0 Å². The van der Waals surface area contributed by atoms with Crippen molar-refractivity contribution in [3.63, 3.8) is 0 Å². The molecule has 2 atom stereocenters. The van der Waals surface area contributed by atoms with Crippen LogP contribution in [0.15, 0.2) is 17.8 Å². The van der Waals surface area contributed by atoms with E-state index in [4.69, 9.17) is 5.73 Å². The SMILES string of the molecule is CC1CCCC(CN)N1Cc1cn2ccsc2n1. The standard InChI is InChI=1S/C13H20N4S/c1-10-3-2-4-12(7-14)17(10)9-11-8-16-5-6-18-13(16)15-11/h5-6,8,10,12H,2-4,7,9,14H2,1H3. The fourth-order valence-electron chi connectivity index (χ4n) is 2.92. The number of nitrogens with zero attached hydrogens (tertiary/aromatic N) is 3. The summed E-state index contributed by atoms with van der Waals surface area (Å²) in [5.41, 5.74) is 7.06. The molecule has 0 saturated carbocycles. The molecule has 0 radical (unpaired) electrons. The van der Waals surface area contributed by atoms with Gasteiger partial charge in [0, 0.05) is 42.9 Å². The number of imidazole rings is 1. The highest BCUT2D eigenvalue weighted by Crippen LogP contribution is 2.24. The summed E-state index contributed by atoms with van der Waals surface area (Å²) in [5.74, 6) is 0. The van der Waals surface area contributed by atoms with Crippen LogP contribution in [0.5, 0.6) is 0 Å². The summed E-state index contributed by atoms with van der Waals surface area (Å²) >= 11 is 1.69. The maximum absolute atomic E-state index is 5.90. The number of nitrogens with two attached hydrogens (primary N) is 1. The largest absolute Gasteiger partial charge is 0.329 e. The van der Waals surface area contributed by atoms with E-state index in [2.05, 4.69) is 39.0 Å². The lowest BCUT2D eigenvalue weighted by Gasteiger charge is -2.39. The molecule has 0 amide bonds. The summed E-state index contributed by atoms with van der Waals surface area (Å²) in [6.45, 7) is 3.99. The Balaban J connectivity index is 1.79. The number of fused-ring (bicyclic) bond motifs is 1. The molecule has 5 heteroatoms. The van der Waals surface area contributed by atoms with Gasteiger partial charge in [-0.3, -0.25) is 9.30 Å². The van der Waals surface area contributed by atoms with Crippen LogP contribution in [0.3, 0.4) is 0 Å². The molecule has 18 heavy (non-hydrogen) atoms. The van der Waals surface area contributed by atoms with Crippen molar-refractivity contribution in [3.05, 3.63) is 23.5 Å². The monoisotopic (exact) mass is 264 g/mol. The maximum atomic E-state index is 5.90. The average Bonchev–Trinajstić information content (AvgIpc) is 2.92. The third kappa shape index (κ3) is 2.18. The van der Waals surface area contributed by atoms with E-state index in [9.17, 15) is 0 Å². The van der Waals surface area contributed by atoms with Gasteiger partial charge >= 0.3 is 0 Å². The van der Waals surface area contributed by atoms with Crippen molar-refractivity contribution in [3.8, 4) is 0 Å². The molecule has 4 nitrogen and oxygen atoms in total. The van der Waals surface area contributed by atoms with Crippen molar-refractivity contribution >= 4 is 16.3 Å². The van der Waals surface area contributed by atoms with Crippen LogP contribution in [0.4, 0.5) is 0 Å². The third-order valence-corrected chi connectivity index (χ3v) is 4.72. The molecular weight excluding hydrogens is 244 g/mol. The van der Waals surface area contributed by atoms with Crippen LogP contribution in [0.2, 0.25) is 0 Å². The van der Waals surface area contributed by atoms with Gasteiger partial charge in [0.25, 0.3) is 0 Å². The minimum Gasteiger partial charge on any atom is -0.329 e. The van der Waals surface area contributed by atoms with Gasteiger partial charge in [-0.05, 0) is 19.8 Å². The van der Waals surface area contributed by atoms with Gasteiger partial charge in [-0.1, -0.05) is 6.42 Å². The highest BCUT2D eigenvalue weighted by molar-refractivity contribution is 7.15. The highest BCUT2D eigenvalue weighted by atomic mass is 32.1. The van der Waals surface area contributed by atoms with Crippen molar-refractivity contribution in [2.75, 3.05) is 6.54 Å². The van der Waals surface area contributed by atoms with E-state index in [1.54, 1.807) is 11.3 Å². The Bertz CT molecular complexity index is 489. The van der Waals surface area contributed by atoms with E-state index in [1.807, 2.05) is 0 Å². The van der Waals surface area contributed by atoms with Crippen LogP contribution in [0, 0.1) is 0 Å². The number of aromatic nitrogens is 2. The lowest BCUT2D eigenvalue weighted by molar-refractivity contribution is 0.0880. The first-order valence-corrected chi connectivity index (χ1v) is 7.53. The average molecular weight is 264 g/mol. The molecule has 98 valence electrons. The summed E-state index contributed by atoms with van der Waals surface area (Å²) < 4.78 is 2.10. The van der Waals surface area contributed by atoms with E-state index in [0.29, 0.717) is 12.1 Å². The molecule has 3 rings (SSSR count). The summed E-state index contributed by atoms with van der Waals surface area (Å²) in [7, 11) is 0.